The predicted octanol–water partition coefficient (Wildman–Crippen LogP) is 3.58. The fourth-order valence-corrected chi connectivity index (χ4v) is 2.76. The van der Waals surface area contributed by atoms with E-state index in [2.05, 4.69) is 15.5 Å². The van der Waals surface area contributed by atoms with Gasteiger partial charge in [0.1, 0.15) is 11.6 Å². The predicted molar refractivity (Wildman–Crippen MR) is 95.6 cm³/mol. The summed E-state index contributed by atoms with van der Waals surface area (Å²) in [4.78, 5) is 12.3. The summed E-state index contributed by atoms with van der Waals surface area (Å²) in [6, 6.07) is 5.14. The maximum Gasteiger partial charge on any atom is 0.291 e. The molecule has 11 heteroatoms. The Morgan fingerprint density at radius 3 is 2.63 bits per heavy atom. The highest BCUT2D eigenvalue weighted by Crippen LogP contribution is 2.21. The van der Waals surface area contributed by atoms with Crippen molar-refractivity contribution in [3.63, 3.8) is 0 Å². The second-order valence-electron chi connectivity index (χ2n) is 6.30. The van der Waals surface area contributed by atoms with E-state index in [1.165, 1.54) is 18.5 Å². The molecule has 0 aliphatic heterocycles. The molecule has 0 saturated carbocycles. The first-order valence-electron chi connectivity index (χ1n) is 8.62. The maximum atomic E-state index is 13.8. The lowest BCUT2D eigenvalue weighted by Gasteiger charge is -2.06. The van der Waals surface area contributed by atoms with Gasteiger partial charge in [0.2, 0.25) is 0 Å². The molecular weight excluding hydrogens is 406 g/mol. The summed E-state index contributed by atoms with van der Waals surface area (Å²) in [5.41, 5.74) is -0.474. The Balaban J connectivity index is 1.43. The number of anilines is 1. The topological polar surface area (TPSA) is 77.9 Å². The molecule has 0 saturated heterocycles. The van der Waals surface area contributed by atoms with Gasteiger partial charge >= 0.3 is 0 Å². The van der Waals surface area contributed by atoms with Gasteiger partial charge in [-0.25, -0.2) is 17.6 Å². The van der Waals surface area contributed by atoms with E-state index in [-0.39, 0.29) is 17.5 Å². The highest BCUT2D eigenvalue weighted by Gasteiger charge is 2.20. The Labute approximate surface area is 166 Å². The molecule has 0 aliphatic carbocycles. The van der Waals surface area contributed by atoms with Gasteiger partial charge in [-0.05, 0) is 18.2 Å². The monoisotopic (exact) mass is 419 g/mol. The van der Waals surface area contributed by atoms with Crippen LogP contribution in [0.4, 0.5) is 23.2 Å². The van der Waals surface area contributed by atoms with E-state index < -0.39 is 41.3 Å². The minimum absolute atomic E-state index is 0.0441. The largest absolute Gasteiger partial charge is 0.454 e. The third kappa shape index (κ3) is 3.95. The van der Waals surface area contributed by atoms with E-state index in [1.807, 2.05) is 0 Å². The molecule has 30 heavy (non-hydrogen) atoms. The second kappa shape index (κ2) is 7.85. The van der Waals surface area contributed by atoms with Crippen molar-refractivity contribution in [1.29, 1.82) is 0 Å². The number of halogens is 4. The van der Waals surface area contributed by atoms with Gasteiger partial charge in [-0.1, -0.05) is 0 Å². The molecule has 0 aliphatic rings. The summed E-state index contributed by atoms with van der Waals surface area (Å²) in [5, 5.41) is 10.4. The van der Waals surface area contributed by atoms with Crippen molar-refractivity contribution in [3.8, 4) is 0 Å². The summed E-state index contributed by atoms with van der Waals surface area (Å²) < 4.78 is 62.1. The Bertz CT molecular complexity index is 1200. The standard InChI is InChI=1S/C19H13F4N5O2/c20-14-6-15(21)18(23)17(22)13(14)10-28-8-11(7-25-28)26-19(29)16-3-2-12(30-16)9-27-5-1-4-24-27/h1-8H,9-10H2,(H,26,29). The summed E-state index contributed by atoms with van der Waals surface area (Å²) in [7, 11) is 0. The Hall–Kier alpha value is -3.89. The molecule has 3 aromatic heterocycles. The molecular formula is C19H13F4N5O2. The molecule has 1 aromatic carbocycles. The minimum atomic E-state index is -1.77. The zero-order valence-electron chi connectivity index (χ0n) is 15.2. The summed E-state index contributed by atoms with van der Waals surface area (Å²) in [6.45, 7) is -0.150. The highest BCUT2D eigenvalue weighted by atomic mass is 19.2. The molecule has 0 unspecified atom stereocenters. The molecule has 0 spiro atoms. The van der Waals surface area contributed by atoms with E-state index in [4.69, 9.17) is 4.42 Å². The van der Waals surface area contributed by atoms with Crippen LogP contribution in [0.3, 0.4) is 0 Å². The van der Waals surface area contributed by atoms with Crippen LogP contribution >= 0.6 is 0 Å². The van der Waals surface area contributed by atoms with Crippen LogP contribution in [0.15, 0.2) is 53.5 Å². The number of hydrogen-bond acceptors (Lipinski definition) is 4. The number of hydrogen-bond donors (Lipinski definition) is 1. The minimum Gasteiger partial charge on any atom is -0.454 e. The second-order valence-corrected chi connectivity index (χ2v) is 6.30. The van der Waals surface area contributed by atoms with Gasteiger partial charge in [-0.2, -0.15) is 10.2 Å². The normalized spacial score (nSPS) is 11.1. The number of amides is 1. The summed E-state index contributed by atoms with van der Waals surface area (Å²) in [6.07, 6.45) is 5.88. The van der Waals surface area contributed by atoms with Gasteiger partial charge < -0.3 is 9.73 Å². The van der Waals surface area contributed by atoms with Crippen LogP contribution in [0.5, 0.6) is 0 Å². The van der Waals surface area contributed by atoms with Crippen LogP contribution < -0.4 is 5.32 Å². The van der Waals surface area contributed by atoms with Gasteiger partial charge in [0.15, 0.2) is 23.2 Å². The van der Waals surface area contributed by atoms with Crippen molar-refractivity contribution in [1.82, 2.24) is 19.6 Å². The number of furan rings is 1. The first kappa shape index (κ1) is 19.4. The van der Waals surface area contributed by atoms with Crippen LogP contribution in [0, 0.1) is 23.3 Å². The molecule has 0 fully saturated rings. The highest BCUT2D eigenvalue weighted by molar-refractivity contribution is 6.02. The van der Waals surface area contributed by atoms with Gasteiger partial charge in [-0.3, -0.25) is 14.2 Å². The van der Waals surface area contributed by atoms with Crippen LogP contribution in [0.2, 0.25) is 0 Å². The molecule has 0 bridgehead atoms. The number of benzene rings is 1. The maximum absolute atomic E-state index is 13.8. The molecule has 1 amide bonds. The molecule has 0 radical (unpaired) electrons. The first-order chi connectivity index (χ1) is 14.4. The fraction of sp³-hybridized carbons (Fsp3) is 0.105. The Kier molecular flexibility index (Phi) is 5.09. The van der Waals surface area contributed by atoms with Crippen LogP contribution in [0.25, 0.3) is 0 Å². The lowest BCUT2D eigenvalue weighted by molar-refractivity contribution is 0.0994. The Morgan fingerprint density at radius 2 is 1.87 bits per heavy atom. The van der Waals surface area contributed by atoms with Gasteiger partial charge in [0.25, 0.3) is 5.91 Å². The first-order valence-corrected chi connectivity index (χ1v) is 8.62. The number of rotatable bonds is 6. The Morgan fingerprint density at radius 1 is 1.03 bits per heavy atom. The molecule has 4 rings (SSSR count). The van der Waals surface area contributed by atoms with E-state index in [0.717, 1.165) is 4.68 Å². The van der Waals surface area contributed by atoms with Gasteiger partial charge in [0, 0.05) is 30.2 Å². The lowest BCUT2D eigenvalue weighted by atomic mass is 10.2. The van der Waals surface area contributed by atoms with Crippen LogP contribution in [-0.2, 0) is 13.1 Å². The smallest absolute Gasteiger partial charge is 0.291 e. The number of aromatic nitrogens is 4. The molecule has 1 N–H and O–H groups in total. The summed E-state index contributed by atoms with van der Waals surface area (Å²) >= 11 is 0. The van der Waals surface area contributed by atoms with E-state index in [9.17, 15) is 22.4 Å². The third-order valence-electron chi connectivity index (χ3n) is 4.18. The number of carbonyl (C=O) groups is 1. The molecule has 0 atom stereocenters. The van der Waals surface area contributed by atoms with Crippen molar-refractivity contribution in [3.05, 3.63) is 89.4 Å². The average Bonchev–Trinajstić information content (AvgIpc) is 3.46. The van der Waals surface area contributed by atoms with E-state index in [0.29, 0.717) is 12.3 Å². The molecule has 7 nitrogen and oxygen atoms in total. The van der Waals surface area contributed by atoms with Crippen LogP contribution in [-0.4, -0.2) is 25.5 Å². The van der Waals surface area contributed by atoms with E-state index >= 15 is 0 Å². The number of nitrogens with one attached hydrogen (secondary N) is 1. The van der Waals surface area contributed by atoms with Crippen molar-refractivity contribution >= 4 is 11.6 Å². The molecule has 4 aromatic rings. The zero-order chi connectivity index (χ0) is 21.3. The number of nitrogens with zero attached hydrogens (tertiary/aromatic N) is 4. The van der Waals surface area contributed by atoms with Gasteiger partial charge in [0.05, 0.1) is 25.0 Å². The fourth-order valence-electron chi connectivity index (χ4n) is 2.76. The van der Waals surface area contributed by atoms with Crippen molar-refractivity contribution in [2.75, 3.05) is 5.32 Å². The van der Waals surface area contributed by atoms with Crippen molar-refractivity contribution < 1.29 is 26.8 Å². The number of carbonyl (C=O) groups excluding carboxylic acids is 1. The summed E-state index contributed by atoms with van der Waals surface area (Å²) in [5.74, 6) is -6.26. The SMILES string of the molecule is O=C(Nc1cnn(Cc2c(F)cc(F)c(F)c2F)c1)c1ccc(Cn2cccn2)o1. The van der Waals surface area contributed by atoms with E-state index in [1.54, 1.807) is 29.2 Å². The van der Waals surface area contributed by atoms with Crippen molar-refractivity contribution in [2.45, 2.75) is 13.1 Å². The van der Waals surface area contributed by atoms with Gasteiger partial charge in [-0.15, -0.1) is 0 Å². The quantitative estimate of drug-likeness (QED) is 0.294. The zero-order valence-corrected chi connectivity index (χ0v) is 15.2. The molecule has 3 heterocycles. The van der Waals surface area contributed by atoms with Crippen LogP contribution in [0.1, 0.15) is 21.9 Å². The lowest BCUT2D eigenvalue weighted by Crippen LogP contribution is -2.11. The van der Waals surface area contributed by atoms with Crippen molar-refractivity contribution in [2.24, 2.45) is 0 Å². The average molecular weight is 419 g/mol. The molecule has 154 valence electrons. The third-order valence-corrected chi connectivity index (χ3v) is 4.18.